The number of benzene rings is 1. The zero-order valence-electron chi connectivity index (χ0n) is 16.3. The Morgan fingerprint density at radius 3 is 2.76 bits per heavy atom. The molecule has 0 fully saturated rings. The monoisotopic (exact) mass is 436 g/mol. The highest BCUT2D eigenvalue weighted by atomic mass is 35.5. The van der Waals surface area contributed by atoms with Crippen LogP contribution in [0.15, 0.2) is 30.3 Å². The van der Waals surface area contributed by atoms with Crippen LogP contribution in [0.4, 0.5) is 4.39 Å². The fourth-order valence-electron chi connectivity index (χ4n) is 2.89. The molecule has 0 saturated heterocycles. The Balaban J connectivity index is 1.80. The van der Waals surface area contributed by atoms with Gasteiger partial charge >= 0.3 is 0 Å². The summed E-state index contributed by atoms with van der Waals surface area (Å²) in [6, 6.07) is 7.51. The first-order valence-corrected chi connectivity index (χ1v) is 10.1. The number of nitrogens with zero attached hydrogens (tertiary/aromatic N) is 2. The first-order chi connectivity index (χ1) is 13.8. The maximum Gasteiger partial charge on any atom is 0.268 e. The Morgan fingerprint density at radius 2 is 2.14 bits per heavy atom. The maximum absolute atomic E-state index is 13.7. The first-order valence-electron chi connectivity index (χ1n) is 8.95. The molecule has 9 heteroatoms. The van der Waals surface area contributed by atoms with Crippen LogP contribution in [0.25, 0.3) is 11.3 Å². The summed E-state index contributed by atoms with van der Waals surface area (Å²) in [6.45, 7) is 2.31. The van der Waals surface area contributed by atoms with Gasteiger partial charge in [-0.15, -0.1) is 11.3 Å². The molecule has 1 aromatic carbocycles. The molecule has 0 aliphatic rings. The third-order valence-corrected chi connectivity index (χ3v) is 5.93. The highest BCUT2D eigenvalue weighted by Crippen LogP contribution is 2.26. The number of aromatic amines is 1. The van der Waals surface area contributed by atoms with Crippen LogP contribution in [0.2, 0.25) is 5.02 Å². The number of carbonyl (C=O) groups excluding carboxylic acids is 1. The van der Waals surface area contributed by atoms with E-state index in [1.165, 1.54) is 23.5 Å². The summed E-state index contributed by atoms with van der Waals surface area (Å²) < 4.78 is 13.7. The van der Waals surface area contributed by atoms with E-state index in [4.69, 9.17) is 11.6 Å². The van der Waals surface area contributed by atoms with Gasteiger partial charge in [-0.1, -0.05) is 17.7 Å². The third-order valence-electron chi connectivity index (χ3n) is 4.37. The van der Waals surface area contributed by atoms with Gasteiger partial charge in [0.1, 0.15) is 16.5 Å². The van der Waals surface area contributed by atoms with Crippen LogP contribution in [-0.4, -0.2) is 46.5 Å². The Morgan fingerprint density at radius 1 is 1.38 bits per heavy atom. The summed E-state index contributed by atoms with van der Waals surface area (Å²) in [4.78, 5) is 23.1. The van der Waals surface area contributed by atoms with Crippen molar-refractivity contribution in [3.63, 3.8) is 0 Å². The lowest BCUT2D eigenvalue weighted by Gasteiger charge is -2.20. The largest absolute Gasteiger partial charge is 0.391 e. The number of aromatic nitrogens is 2. The van der Waals surface area contributed by atoms with Crippen molar-refractivity contribution in [2.45, 2.75) is 19.6 Å². The molecule has 0 aliphatic carbocycles. The number of likely N-dealkylation sites (N-methyl/N-ethyl adjacent to an activating group) is 1. The van der Waals surface area contributed by atoms with Gasteiger partial charge in [-0.25, -0.2) is 9.37 Å². The average molecular weight is 437 g/mol. The number of thiazole rings is 1. The van der Waals surface area contributed by atoms with Gasteiger partial charge in [-0.2, -0.15) is 0 Å². The molecule has 0 aliphatic heterocycles. The van der Waals surface area contributed by atoms with Crippen LogP contribution in [0, 0.1) is 12.7 Å². The lowest BCUT2D eigenvalue weighted by atomic mass is 10.1. The smallest absolute Gasteiger partial charge is 0.268 e. The average Bonchev–Trinajstić information content (AvgIpc) is 3.30. The zero-order valence-corrected chi connectivity index (χ0v) is 17.9. The van der Waals surface area contributed by atoms with Gasteiger partial charge in [-0.05, 0) is 45.3 Å². The summed E-state index contributed by atoms with van der Waals surface area (Å²) in [5.74, 6) is -0.814. The SMILES string of the molecule is Cc1nc(C(CN(C)C)NC(=O)c2ccc(-c3ccc(Cl)c(F)c3)[nH]2)sc1CO. The molecular formula is C20H22ClFN4O2S. The van der Waals surface area contributed by atoms with Crippen LogP contribution in [0.3, 0.4) is 0 Å². The van der Waals surface area contributed by atoms with Gasteiger partial charge in [0.05, 0.1) is 28.2 Å². The third kappa shape index (κ3) is 5.02. The van der Waals surface area contributed by atoms with Crippen molar-refractivity contribution in [1.82, 2.24) is 20.2 Å². The van der Waals surface area contributed by atoms with Crippen molar-refractivity contribution in [2.75, 3.05) is 20.6 Å². The minimum Gasteiger partial charge on any atom is -0.391 e. The molecule has 1 atom stereocenters. The number of hydrogen-bond acceptors (Lipinski definition) is 5. The molecule has 0 bridgehead atoms. The van der Waals surface area contributed by atoms with Gasteiger partial charge in [0.25, 0.3) is 5.91 Å². The van der Waals surface area contributed by atoms with E-state index in [2.05, 4.69) is 15.3 Å². The molecule has 6 nitrogen and oxygen atoms in total. The predicted molar refractivity (Wildman–Crippen MR) is 113 cm³/mol. The second-order valence-corrected chi connectivity index (χ2v) is 8.44. The number of carbonyl (C=O) groups is 1. The molecule has 2 aromatic heterocycles. The maximum atomic E-state index is 13.7. The quantitative estimate of drug-likeness (QED) is 0.526. The number of aliphatic hydroxyl groups is 1. The molecule has 0 saturated carbocycles. The number of amides is 1. The number of rotatable bonds is 7. The molecule has 0 spiro atoms. The number of aryl methyl sites for hydroxylation is 1. The summed E-state index contributed by atoms with van der Waals surface area (Å²) in [7, 11) is 3.82. The van der Waals surface area contributed by atoms with Crippen molar-refractivity contribution >= 4 is 28.8 Å². The second kappa shape index (κ2) is 9.04. The summed E-state index contributed by atoms with van der Waals surface area (Å²) in [5.41, 5.74) is 2.33. The van der Waals surface area contributed by atoms with Gasteiger partial charge in [0.2, 0.25) is 0 Å². The van der Waals surface area contributed by atoms with E-state index in [-0.39, 0.29) is 23.6 Å². The van der Waals surface area contributed by atoms with Crippen molar-refractivity contribution < 1.29 is 14.3 Å². The van der Waals surface area contributed by atoms with Gasteiger partial charge in [-0.3, -0.25) is 4.79 Å². The van der Waals surface area contributed by atoms with Gasteiger partial charge in [0, 0.05) is 17.8 Å². The number of halogens is 2. The van der Waals surface area contributed by atoms with Crippen molar-refractivity contribution in [3.05, 3.63) is 62.4 Å². The minimum absolute atomic E-state index is 0.0470. The van der Waals surface area contributed by atoms with E-state index in [0.29, 0.717) is 23.5 Å². The molecule has 3 aromatic rings. The molecule has 0 radical (unpaired) electrons. The highest BCUT2D eigenvalue weighted by molar-refractivity contribution is 7.11. The number of nitrogens with one attached hydrogen (secondary N) is 2. The van der Waals surface area contributed by atoms with Crippen molar-refractivity contribution in [3.8, 4) is 11.3 Å². The van der Waals surface area contributed by atoms with E-state index < -0.39 is 5.82 Å². The predicted octanol–water partition coefficient (Wildman–Crippen LogP) is 3.76. The van der Waals surface area contributed by atoms with Crippen LogP contribution in [0.5, 0.6) is 0 Å². The Labute approximate surface area is 177 Å². The minimum atomic E-state index is -0.519. The van der Waals surface area contributed by atoms with Gasteiger partial charge < -0.3 is 20.3 Å². The van der Waals surface area contributed by atoms with E-state index in [1.807, 2.05) is 25.9 Å². The number of H-pyrrole nitrogens is 1. The standard InChI is InChI=1S/C20H22ClFN4O2S/c1-11-18(10-27)29-20(23-11)17(9-26(2)3)25-19(28)16-7-6-15(24-16)12-4-5-13(21)14(22)8-12/h4-8,17,24,27H,9-10H2,1-3H3,(H,25,28). The van der Waals surface area contributed by atoms with Crippen LogP contribution >= 0.6 is 22.9 Å². The topological polar surface area (TPSA) is 81.2 Å². The number of aliphatic hydroxyl groups excluding tert-OH is 1. The number of hydrogen-bond donors (Lipinski definition) is 3. The molecule has 3 rings (SSSR count). The van der Waals surface area contributed by atoms with Gasteiger partial charge in [0.15, 0.2) is 0 Å². The lowest BCUT2D eigenvalue weighted by Crippen LogP contribution is -2.35. The van der Waals surface area contributed by atoms with E-state index in [9.17, 15) is 14.3 Å². The van der Waals surface area contributed by atoms with Crippen molar-refractivity contribution in [2.24, 2.45) is 0 Å². The summed E-state index contributed by atoms with van der Waals surface area (Å²) >= 11 is 7.12. The molecule has 3 N–H and O–H groups in total. The summed E-state index contributed by atoms with van der Waals surface area (Å²) in [6.07, 6.45) is 0. The Hall–Kier alpha value is -2.26. The zero-order chi connectivity index (χ0) is 21.1. The molecule has 1 unspecified atom stereocenters. The Bertz CT molecular complexity index is 1020. The van der Waals surface area contributed by atoms with Crippen LogP contribution in [0.1, 0.15) is 32.1 Å². The highest BCUT2D eigenvalue weighted by Gasteiger charge is 2.22. The molecular weight excluding hydrogens is 415 g/mol. The Kier molecular flexibility index (Phi) is 6.69. The van der Waals surface area contributed by atoms with Crippen molar-refractivity contribution in [1.29, 1.82) is 0 Å². The first kappa shape index (κ1) is 21.4. The molecule has 29 heavy (non-hydrogen) atoms. The van der Waals surface area contributed by atoms with E-state index in [0.717, 1.165) is 15.6 Å². The lowest BCUT2D eigenvalue weighted by molar-refractivity contribution is 0.0925. The fourth-order valence-corrected chi connectivity index (χ4v) is 3.98. The normalized spacial score (nSPS) is 12.4. The molecule has 2 heterocycles. The second-order valence-electron chi connectivity index (χ2n) is 6.92. The summed E-state index contributed by atoms with van der Waals surface area (Å²) in [5, 5.41) is 13.2. The molecule has 1 amide bonds. The van der Waals surface area contributed by atoms with Crippen LogP contribution in [-0.2, 0) is 6.61 Å². The van der Waals surface area contributed by atoms with Crippen LogP contribution < -0.4 is 5.32 Å². The molecule has 154 valence electrons. The fraction of sp³-hybridized carbons (Fsp3) is 0.300. The van der Waals surface area contributed by atoms with E-state index >= 15 is 0 Å². The van der Waals surface area contributed by atoms with E-state index in [1.54, 1.807) is 18.2 Å².